The molecule has 2 N–H and O–H groups in total. The van der Waals surface area contributed by atoms with E-state index in [0.717, 1.165) is 19.5 Å². The Labute approximate surface area is 109 Å². The van der Waals surface area contributed by atoms with Crippen LogP contribution in [0.5, 0.6) is 0 Å². The van der Waals surface area contributed by atoms with E-state index in [-0.39, 0.29) is 5.54 Å². The molecule has 2 aliphatic rings. The third-order valence-electron chi connectivity index (χ3n) is 4.60. The van der Waals surface area contributed by atoms with Gasteiger partial charge in [-0.05, 0) is 36.8 Å². The van der Waals surface area contributed by atoms with Crippen molar-refractivity contribution >= 4 is 5.96 Å². The lowest BCUT2D eigenvalue weighted by molar-refractivity contribution is 0.173. The molecule has 0 fully saturated rings. The first-order valence-corrected chi connectivity index (χ1v) is 6.86. The fourth-order valence-electron chi connectivity index (χ4n) is 3.61. The molecule has 1 aromatic rings. The van der Waals surface area contributed by atoms with Crippen molar-refractivity contribution in [2.24, 2.45) is 10.7 Å². The molecule has 1 aromatic carbocycles. The predicted octanol–water partition coefficient (Wildman–Crippen LogP) is 2.43. The van der Waals surface area contributed by atoms with Crippen molar-refractivity contribution in [1.82, 2.24) is 4.90 Å². The Bertz CT molecular complexity index is 494. The monoisotopic (exact) mass is 243 g/mol. The normalized spacial score (nSPS) is 30.4. The van der Waals surface area contributed by atoms with Gasteiger partial charge in [0.05, 0.1) is 12.1 Å². The van der Waals surface area contributed by atoms with E-state index in [2.05, 4.69) is 48.0 Å². The highest BCUT2D eigenvalue weighted by atomic mass is 15.4. The highest BCUT2D eigenvalue weighted by Gasteiger charge is 2.46. The van der Waals surface area contributed by atoms with E-state index in [1.54, 1.807) is 0 Å². The van der Waals surface area contributed by atoms with Crippen molar-refractivity contribution in [2.75, 3.05) is 13.1 Å². The van der Waals surface area contributed by atoms with Crippen LogP contribution in [-0.2, 0) is 5.54 Å². The summed E-state index contributed by atoms with van der Waals surface area (Å²) in [7, 11) is 0. The molecule has 1 heterocycles. The average molecular weight is 243 g/mol. The number of guanidine groups is 1. The molecule has 0 radical (unpaired) electrons. The number of rotatable bonds is 1. The summed E-state index contributed by atoms with van der Waals surface area (Å²) in [5, 5.41) is 0. The Morgan fingerprint density at radius 1 is 1.44 bits per heavy atom. The number of likely N-dealkylation sites (N-methyl/N-ethyl adjacent to an activating group) is 1. The van der Waals surface area contributed by atoms with E-state index in [1.807, 2.05) is 0 Å². The van der Waals surface area contributed by atoms with Gasteiger partial charge in [0, 0.05) is 6.54 Å². The largest absolute Gasteiger partial charge is 0.370 e. The predicted molar refractivity (Wildman–Crippen MR) is 74.6 cm³/mol. The summed E-state index contributed by atoms with van der Waals surface area (Å²) in [6, 6.07) is 8.82. The van der Waals surface area contributed by atoms with Crippen LogP contribution >= 0.6 is 0 Å². The molecule has 18 heavy (non-hydrogen) atoms. The highest BCUT2D eigenvalue weighted by Crippen LogP contribution is 2.46. The molecule has 2 unspecified atom stereocenters. The van der Waals surface area contributed by atoms with Gasteiger partial charge in [0.25, 0.3) is 0 Å². The standard InChI is InChI=1S/C15H21N3/c1-3-18-14(16)17-10-15(18)9-8-11(2)12-6-4-5-7-13(12)15/h4-7,11H,3,8-10H2,1-2H3,(H2,16,17). The minimum atomic E-state index is 0.0297. The Morgan fingerprint density at radius 3 is 3.00 bits per heavy atom. The van der Waals surface area contributed by atoms with Crippen LogP contribution in [0.15, 0.2) is 29.3 Å². The lowest BCUT2D eigenvalue weighted by Gasteiger charge is -2.44. The first-order valence-electron chi connectivity index (χ1n) is 6.86. The van der Waals surface area contributed by atoms with E-state index in [9.17, 15) is 0 Å². The van der Waals surface area contributed by atoms with Gasteiger partial charge in [-0.2, -0.15) is 0 Å². The van der Waals surface area contributed by atoms with Crippen molar-refractivity contribution in [2.45, 2.75) is 38.1 Å². The maximum absolute atomic E-state index is 6.06. The molecule has 3 nitrogen and oxygen atoms in total. The minimum absolute atomic E-state index is 0.0297. The van der Waals surface area contributed by atoms with Crippen LogP contribution in [0.25, 0.3) is 0 Å². The molecule has 3 rings (SSSR count). The second kappa shape index (κ2) is 4.01. The summed E-state index contributed by atoms with van der Waals surface area (Å²) >= 11 is 0. The summed E-state index contributed by atoms with van der Waals surface area (Å²) in [6.07, 6.45) is 2.37. The number of hydrogen-bond acceptors (Lipinski definition) is 3. The molecule has 0 bridgehead atoms. The van der Waals surface area contributed by atoms with E-state index >= 15 is 0 Å². The van der Waals surface area contributed by atoms with Gasteiger partial charge in [0.2, 0.25) is 0 Å². The van der Waals surface area contributed by atoms with Crippen LogP contribution in [0.1, 0.15) is 43.7 Å². The van der Waals surface area contributed by atoms with Gasteiger partial charge < -0.3 is 10.6 Å². The molecule has 3 heteroatoms. The van der Waals surface area contributed by atoms with Crippen molar-refractivity contribution in [3.8, 4) is 0 Å². The summed E-state index contributed by atoms with van der Waals surface area (Å²) in [5.74, 6) is 1.36. The molecule has 0 saturated heterocycles. The van der Waals surface area contributed by atoms with E-state index in [4.69, 9.17) is 5.73 Å². The molecule has 0 saturated carbocycles. The molecule has 1 aliphatic heterocycles. The number of benzene rings is 1. The zero-order valence-electron chi connectivity index (χ0n) is 11.2. The molecular weight excluding hydrogens is 222 g/mol. The summed E-state index contributed by atoms with van der Waals surface area (Å²) in [4.78, 5) is 6.80. The number of nitrogens with zero attached hydrogens (tertiary/aromatic N) is 2. The quantitative estimate of drug-likeness (QED) is 0.823. The summed E-state index contributed by atoms with van der Waals surface area (Å²) in [5.41, 5.74) is 9.01. The highest BCUT2D eigenvalue weighted by molar-refractivity contribution is 5.81. The molecule has 1 spiro atoms. The van der Waals surface area contributed by atoms with Crippen LogP contribution in [-0.4, -0.2) is 23.9 Å². The maximum Gasteiger partial charge on any atom is 0.192 e. The first kappa shape index (κ1) is 11.6. The number of aliphatic imine (C=N–C) groups is 1. The van der Waals surface area contributed by atoms with Crippen LogP contribution < -0.4 is 5.73 Å². The van der Waals surface area contributed by atoms with Gasteiger partial charge in [0.15, 0.2) is 5.96 Å². The fourth-order valence-corrected chi connectivity index (χ4v) is 3.61. The number of fused-ring (bicyclic) bond motifs is 2. The van der Waals surface area contributed by atoms with Crippen molar-refractivity contribution < 1.29 is 0 Å². The second-order valence-corrected chi connectivity index (χ2v) is 5.48. The van der Waals surface area contributed by atoms with E-state index in [0.29, 0.717) is 11.9 Å². The van der Waals surface area contributed by atoms with Crippen LogP contribution in [0, 0.1) is 0 Å². The number of nitrogens with two attached hydrogens (primary N) is 1. The molecule has 0 aromatic heterocycles. The van der Waals surface area contributed by atoms with Gasteiger partial charge >= 0.3 is 0 Å². The van der Waals surface area contributed by atoms with Crippen LogP contribution in [0.2, 0.25) is 0 Å². The molecular formula is C15H21N3. The Balaban J connectivity index is 2.13. The average Bonchev–Trinajstić information content (AvgIpc) is 2.72. The summed E-state index contributed by atoms with van der Waals surface area (Å²) < 4.78 is 0. The maximum atomic E-state index is 6.06. The summed E-state index contributed by atoms with van der Waals surface area (Å²) in [6.45, 7) is 6.23. The van der Waals surface area contributed by atoms with Gasteiger partial charge in [-0.3, -0.25) is 4.99 Å². The second-order valence-electron chi connectivity index (χ2n) is 5.48. The lowest BCUT2D eigenvalue weighted by Crippen LogP contribution is -2.51. The van der Waals surface area contributed by atoms with Crippen molar-refractivity contribution in [3.05, 3.63) is 35.4 Å². The Hall–Kier alpha value is -1.51. The Morgan fingerprint density at radius 2 is 2.22 bits per heavy atom. The first-order chi connectivity index (χ1) is 8.69. The van der Waals surface area contributed by atoms with Gasteiger partial charge in [-0.1, -0.05) is 31.2 Å². The van der Waals surface area contributed by atoms with Gasteiger partial charge in [-0.25, -0.2) is 0 Å². The third-order valence-corrected chi connectivity index (χ3v) is 4.60. The molecule has 0 amide bonds. The fraction of sp³-hybridized carbons (Fsp3) is 0.533. The van der Waals surface area contributed by atoms with Gasteiger partial charge in [0.1, 0.15) is 0 Å². The molecule has 96 valence electrons. The SMILES string of the molecule is CCN1C(N)=NCC12CCC(C)c1ccccc12. The van der Waals surface area contributed by atoms with E-state index in [1.165, 1.54) is 17.5 Å². The van der Waals surface area contributed by atoms with Gasteiger partial charge in [-0.15, -0.1) is 0 Å². The Kier molecular flexibility index (Phi) is 2.58. The minimum Gasteiger partial charge on any atom is -0.370 e. The number of hydrogen-bond donors (Lipinski definition) is 1. The zero-order valence-corrected chi connectivity index (χ0v) is 11.2. The topological polar surface area (TPSA) is 41.6 Å². The third kappa shape index (κ3) is 1.39. The van der Waals surface area contributed by atoms with Crippen molar-refractivity contribution in [3.63, 3.8) is 0 Å². The van der Waals surface area contributed by atoms with E-state index < -0.39 is 0 Å². The van der Waals surface area contributed by atoms with Crippen LogP contribution in [0.4, 0.5) is 0 Å². The lowest BCUT2D eigenvalue weighted by atomic mass is 9.72. The zero-order chi connectivity index (χ0) is 12.8. The molecule has 2 atom stereocenters. The molecule has 1 aliphatic carbocycles. The van der Waals surface area contributed by atoms with Crippen molar-refractivity contribution in [1.29, 1.82) is 0 Å². The van der Waals surface area contributed by atoms with Crippen LogP contribution in [0.3, 0.4) is 0 Å². The smallest absolute Gasteiger partial charge is 0.192 e.